The summed E-state index contributed by atoms with van der Waals surface area (Å²) in [6.07, 6.45) is 6.05. The van der Waals surface area contributed by atoms with Crippen LogP contribution in [0.4, 0.5) is 0 Å². The summed E-state index contributed by atoms with van der Waals surface area (Å²) in [6.45, 7) is 2.57. The highest BCUT2D eigenvalue weighted by molar-refractivity contribution is 5.60. The number of hydrogen-bond donors (Lipinski definition) is 0. The van der Waals surface area contributed by atoms with E-state index in [1.165, 1.54) is 24.8 Å². The zero-order valence-corrected chi connectivity index (χ0v) is 16.5. The Labute approximate surface area is 165 Å². The van der Waals surface area contributed by atoms with Crippen molar-refractivity contribution in [2.75, 3.05) is 7.11 Å². The lowest BCUT2D eigenvalue weighted by Gasteiger charge is -2.17. The molecule has 0 saturated heterocycles. The SMILES string of the molecule is COc1cc(-c2noc(C3CCCCC3)n2)ccc1OCc1cccc(C)c1. The molecule has 0 spiro atoms. The molecule has 5 heteroatoms. The number of aromatic nitrogens is 2. The first-order valence-electron chi connectivity index (χ1n) is 9.93. The number of aryl methyl sites for hydroxylation is 1. The number of methoxy groups -OCH3 is 1. The van der Waals surface area contributed by atoms with Gasteiger partial charge in [0.1, 0.15) is 6.61 Å². The van der Waals surface area contributed by atoms with Crippen molar-refractivity contribution in [3.8, 4) is 22.9 Å². The molecular formula is C23H26N2O3. The molecule has 28 heavy (non-hydrogen) atoms. The standard InChI is InChI=1S/C23H26N2O3/c1-16-7-6-8-17(13-16)15-27-20-12-11-19(14-21(20)26-2)22-24-23(28-25-22)18-9-4-3-5-10-18/h6-8,11-14,18H,3-5,9-10,15H2,1-2H3. The Morgan fingerprint density at radius 1 is 1.04 bits per heavy atom. The second kappa shape index (κ2) is 8.46. The summed E-state index contributed by atoms with van der Waals surface area (Å²) in [5, 5.41) is 4.19. The third kappa shape index (κ3) is 4.19. The van der Waals surface area contributed by atoms with Crippen molar-refractivity contribution in [1.82, 2.24) is 10.1 Å². The summed E-state index contributed by atoms with van der Waals surface area (Å²) in [5.74, 6) is 3.12. The predicted molar refractivity (Wildman–Crippen MR) is 108 cm³/mol. The third-order valence-corrected chi connectivity index (χ3v) is 5.29. The van der Waals surface area contributed by atoms with Crippen LogP contribution in [0.15, 0.2) is 47.0 Å². The Morgan fingerprint density at radius 3 is 2.68 bits per heavy atom. The monoisotopic (exact) mass is 378 g/mol. The van der Waals surface area contributed by atoms with Gasteiger partial charge in [-0.25, -0.2) is 0 Å². The van der Waals surface area contributed by atoms with Crippen molar-refractivity contribution in [3.05, 3.63) is 59.5 Å². The Morgan fingerprint density at radius 2 is 1.89 bits per heavy atom. The van der Waals surface area contributed by atoms with Crippen LogP contribution in [0.3, 0.4) is 0 Å². The molecule has 0 aliphatic heterocycles. The van der Waals surface area contributed by atoms with Gasteiger partial charge in [0.15, 0.2) is 11.5 Å². The van der Waals surface area contributed by atoms with Gasteiger partial charge >= 0.3 is 0 Å². The Balaban J connectivity index is 1.49. The van der Waals surface area contributed by atoms with Gasteiger partial charge in [0.05, 0.1) is 7.11 Å². The number of rotatable bonds is 6. The lowest BCUT2D eigenvalue weighted by molar-refractivity contribution is 0.284. The van der Waals surface area contributed by atoms with Crippen molar-refractivity contribution in [2.45, 2.75) is 51.6 Å². The van der Waals surface area contributed by atoms with Crippen molar-refractivity contribution in [1.29, 1.82) is 0 Å². The van der Waals surface area contributed by atoms with E-state index in [-0.39, 0.29) is 0 Å². The first-order chi connectivity index (χ1) is 13.7. The number of hydrogen-bond acceptors (Lipinski definition) is 5. The van der Waals surface area contributed by atoms with Crippen LogP contribution in [-0.4, -0.2) is 17.3 Å². The quantitative estimate of drug-likeness (QED) is 0.552. The van der Waals surface area contributed by atoms with Gasteiger partial charge in [0, 0.05) is 11.5 Å². The van der Waals surface area contributed by atoms with Crippen molar-refractivity contribution in [3.63, 3.8) is 0 Å². The minimum atomic E-state index is 0.397. The van der Waals surface area contributed by atoms with Crippen LogP contribution in [0.1, 0.15) is 55.0 Å². The van der Waals surface area contributed by atoms with Crippen LogP contribution in [0.25, 0.3) is 11.4 Å². The molecule has 0 radical (unpaired) electrons. The van der Waals surface area contributed by atoms with Gasteiger partial charge in [-0.2, -0.15) is 4.98 Å². The highest BCUT2D eigenvalue weighted by Crippen LogP contribution is 2.35. The fourth-order valence-electron chi connectivity index (χ4n) is 3.76. The average Bonchev–Trinajstić information content (AvgIpc) is 3.23. The molecule has 4 rings (SSSR count). The number of nitrogens with zero attached hydrogens (tertiary/aromatic N) is 2. The molecule has 0 bridgehead atoms. The van der Waals surface area contributed by atoms with E-state index in [1.54, 1.807) is 7.11 Å². The lowest BCUT2D eigenvalue weighted by atomic mass is 9.89. The number of ether oxygens (including phenoxy) is 2. The molecule has 1 aliphatic rings. The largest absolute Gasteiger partial charge is 0.493 e. The fourth-order valence-corrected chi connectivity index (χ4v) is 3.76. The molecule has 146 valence electrons. The predicted octanol–water partition coefficient (Wildman–Crippen LogP) is 5.68. The average molecular weight is 378 g/mol. The second-order valence-corrected chi connectivity index (χ2v) is 7.43. The highest BCUT2D eigenvalue weighted by atomic mass is 16.5. The van der Waals surface area contributed by atoms with E-state index >= 15 is 0 Å². The highest BCUT2D eigenvalue weighted by Gasteiger charge is 2.22. The van der Waals surface area contributed by atoms with Gasteiger partial charge in [-0.05, 0) is 43.5 Å². The molecule has 0 atom stereocenters. The first kappa shape index (κ1) is 18.5. The van der Waals surface area contributed by atoms with Gasteiger partial charge in [0.25, 0.3) is 0 Å². The minimum absolute atomic E-state index is 0.397. The van der Waals surface area contributed by atoms with Gasteiger partial charge in [-0.3, -0.25) is 0 Å². The Kier molecular flexibility index (Phi) is 5.60. The van der Waals surface area contributed by atoms with Crippen LogP contribution < -0.4 is 9.47 Å². The summed E-state index contributed by atoms with van der Waals surface area (Å²) < 4.78 is 17.0. The van der Waals surface area contributed by atoms with E-state index in [9.17, 15) is 0 Å². The molecular weight excluding hydrogens is 352 g/mol. The zero-order chi connectivity index (χ0) is 19.3. The maximum absolute atomic E-state index is 5.97. The van der Waals surface area contributed by atoms with Gasteiger partial charge in [-0.1, -0.05) is 54.2 Å². The van der Waals surface area contributed by atoms with E-state index in [1.807, 2.05) is 24.3 Å². The molecule has 0 N–H and O–H groups in total. The normalized spacial score (nSPS) is 14.8. The van der Waals surface area contributed by atoms with Gasteiger partial charge in [0.2, 0.25) is 11.7 Å². The van der Waals surface area contributed by atoms with Crippen LogP contribution in [0.5, 0.6) is 11.5 Å². The van der Waals surface area contributed by atoms with E-state index in [0.717, 1.165) is 29.9 Å². The van der Waals surface area contributed by atoms with Crippen molar-refractivity contribution in [2.24, 2.45) is 0 Å². The summed E-state index contributed by atoms with van der Waals surface area (Å²) in [4.78, 5) is 4.64. The fraction of sp³-hybridized carbons (Fsp3) is 0.391. The second-order valence-electron chi connectivity index (χ2n) is 7.43. The lowest BCUT2D eigenvalue weighted by Crippen LogP contribution is -2.04. The topological polar surface area (TPSA) is 57.4 Å². The van der Waals surface area contributed by atoms with Crippen LogP contribution in [0, 0.1) is 6.92 Å². The molecule has 0 unspecified atom stereocenters. The van der Waals surface area contributed by atoms with Crippen LogP contribution >= 0.6 is 0 Å². The molecule has 2 aromatic carbocycles. The summed E-state index contributed by atoms with van der Waals surface area (Å²) >= 11 is 0. The Hall–Kier alpha value is -2.82. The summed E-state index contributed by atoms with van der Waals surface area (Å²) in [7, 11) is 1.64. The van der Waals surface area contributed by atoms with E-state index < -0.39 is 0 Å². The third-order valence-electron chi connectivity index (χ3n) is 5.29. The zero-order valence-electron chi connectivity index (χ0n) is 16.5. The number of benzene rings is 2. The van der Waals surface area contributed by atoms with Crippen molar-refractivity contribution < 1.29 is 14.0 Å². The first-order valence-corrected chi connectivity index (χ1v) is 9.93. The van der Waals surface area contributed by atoms with E-state index in [0.29, 0.717) is 29.8 Å². The molecule has 1 aliphatic carbocycles. The molecule has 3 aromatic rings. The van der Waals surface area contributed by atoms with Crippen LogP contribution in [-0.2, 0) is 6.61 Å². The molecule has 1 fully saturated rings. The van der Waals surface area contributed by atoms with Gasteiger partial charge in [-0.15, -0.1) is 0 Å². The molecule has 1 aromatic heterocycles. The van der Waals surface area contributed by atoms with Gasteiger partial charge < -0.3 is 14.0 Å². The minimum Gasteiger partial charge on any atom is -0.493 e. The maximum Gasteiger partial charge on any atom is 0.230 e. The maximum atomic E-state index is 5.97. The molecule has 1 saturated carbocycles. The molecule has 5 nitrogen and oxygen atoms in total. The Bertz CT molecular complexity index is 929. The molecule has 0 amide bonds. The summed E-state index contributed by atoms with van der Waals surface area (Å²) in [6, 6.07) is 14.0. The van der Waals surface area contributed by atoms with Crippen molar-refractivity contribution >= 4 is 0 Å². The van der Waals surface area contributed by atoms with E-state index in [4.69, 9.17) is 14.0 Å². The van der Waals surface area contributed by atoms with E-state index in [2.05, 4.69) is 35.3 Å². The van der Waals surface area contributed by atoms with Crippen LogP contribution in [0.2, 0.25) is 0 Å². The smallest absolute Gasteiger partial charge is 0.230 e. The summed E-state index contributed by atoms with van der Waals surface area (Å²) in [5.41, 5.74) is 3.21. The molecule has 1 heterocycles.